The number of nitrogens with zero attached hydrogens (tertiary/aromatic N) is 2. The summed E-state index contributed by atoms with van der Waals surface area (Å²) in [4.78, 5) is 33.6. The van der Waals surface area contributed by atoms with E-state index in [1.807, 2.05) is 23.1 Å². The fourth-order valence-corrected chi connectivity index (χ4v) is 6.00. The molecule has 1 aromatic heterocycles. The number of para-hydroxylation sites is 1. The zero-order valence-corrected chi connectivity index (χ0v) is 20.4. The Morgan fingerprint density at radius 3 is 2.65 bits per heavy atom. The fraction of sp³-hybridized carbons (Fsp3) is 0.360. The minimum absolute atomic E-state index is 0.133. The number of fused-ring (bicyclic) bond motifs is 5. The molecule has 4 atom stereocenters. The molecule has 34 heavy (non-hydrogen) atoms. The van der Waals surface area contributed by atoms with Crippen molar-refractivity contribution in [1.29, 1.82) is 0 Å². The monoisotopic (exact) mass is 500 g/mol. The van der Waals surface area contributed by atoms with Crippen LogP contribution in [-0.4, -0.2) is 57.6 Å². The molecule has 3 N–H and O–H groups in total. The summed E-state index contributed by atoms with van der Waals surface area (Å²) in [6.45, 7) is 2.20. The lowest BCUT2D eigenvalue weighted by atomic mass is 9.79. The average Bonchev–Trinajstić information content (AvgIpc) is 3.16. The molecule has 3 aromatic rings. The zero-order valence-electron chi connectivity index (χ0n) is 18.9. The van der Waals surface area contributed by atoms with Gasteiger partial charge in [-0.3, -0.25) is 4.79 Å². The number of aromatic amines is 1. The van der Waals surface area contributed by atoms with Gasteiger partial charge in [-0.2, -0.15) is 0 Å². The van der Waals surface area contributed by atoms with Gasteiger partial charge in [-0.25, -0.2) is 4.79 Å². The van der Waals surface area contributed by atoms with Crippen LogP contribution < -0.4 is 5.32 Å². The highest BCUT2D eigenvalue weighted by Gasteiger charge is 2.49. The second kappa shape index (κ2) is 8.80. The third kappa shape index (κ3) is 3.91. The highest BCUT2D eigenvalue weighted by atomic mass is 35.5. The van der Waals surface area contributed by atoms with Gasteiger partial charge < -0.3 is 25.2 Å². The van der Waals surface area contributed by atoms with Crippen molar-refractivity contribution in [2.24, 2.45) is 5.92 Å². The van der Waals surface area contributed by atoms with Crippen LogP contribution in [0.25, 0.3) is 10.9 Å². The molecule has 0 spiro atoms. The van der Waals surface area contributed by atoms with E-state index in [4.69, 9.17) is 23.2 Å². The van der Waals surface area contributed by atoms with Crippen LogP contribution in [0.1, 0.15) is 30.6 Å². The van der Waals surface area contributed by atoms with E-state index < -0.39 is 24.1 Å². The zero-order chi connectivity index (χ0) is 24.1. The van der Waals surface area contributed by atoms with Crippen molar-refractivity contribution in [2.45, 2.75) is 38.0 Å². The number of carbonyl (C=O) groups excluding carboxylic acids is 2. The van der Waals surface area contributed by atoms with Gasteiger partial charge in [0.25, 0.3) is 0 Å². The Balaban J connectivity index is 1.47. The van der Waals surface area contributed by atoms with Crippen LogP contribution in [0.3, 0.4) is 0 Å². The van der Waals surface area contributed by atoms with E-state index in [0.717, 1.165) is 17.6 Å². The van der Waals surface area contributed by atoms with Crippen molar-refractivity contribution in [3.8, 4) is 0 Å². The molecule has 0 unspecified atom stereocenters. The van der Waals surface area contributed by atoms with Crippen LogP contribution >= 0.6 is 23.2 Å². The topological polar surface area (TPSA) is 88.7 Å². The number of rotatable bonds is 3. The Kier molecular flexibility index (Phi) is 5.96. The molecular formula is C25H26Cl2N4O3. The Labute approximate surface area is 207 Å². The summed E-state index contributed by atoms with van der Waals surface area (Å²) >= 11 is 12.1. The first-order valence-electron chi connectivity index (χ1n) is 11.3. The van der Waals surface area contributed by atoms with Crippen molar-refractivity contribution < 1.29 is 14.7 Å². The summed E-state index contributed by atoms with van der Waals surface area (Å²) in [5.41, 5.74) is 3.74. The molecule has 2 aliphatic heterocycles. The third-order valence-corrected chi connectivity index (χ3v) is 7.49. The lowest BCUT2D eigenvalue weighted by Crippen LogP contribution is -2.60. The first kappa shape index (κ1) is 23.0. The molecule has 2 aromatic carbocycles. The Morgan fingerprint density at radius 1 is 1.24 bits per heavy atom. The Morgan fingerprint density at radius 2 is 1.94 bits per heavy atom. The molecule has 5 rings (SSSR count). The Hall–Kier alpha value is -2.74. The molecule has 7 nitrogen and oxygen atoms in total. The first-order valence-corrected chi connectivity index (χ1v) is 12.1. The van der Waals surface area contributed by atoms with Gasteiger partial charge in [-0.1, -0.05) is 41.4 Å². The van der Waals surface area contributed by atoms with Gasteiger partial charge in [-0.05, 0) is 49.6 Å². The average molecular weight is 501 g/mol. The standard InChI is InChI=1S/C25H26Cl2N4O3/c1-13(32)22-20(30(2)25(34)28-16-10-14(26)9-15(27)11-16)12-21-23-18(7-8-31(21)24(22)33)17-5-3-4-6-19(17)29-23/h3-6,9-11,13,20-22,29,32H,7-8,12H2,1-2H3,(H,28,34)/t13-,20-,21-,22-/m0/s1. The number of aliphatic hydroxyl groups is 1. The van der Waals surface area contributed by atoms with Crippen LogP contribution in [0.2, 0.25) is 10.0 Å². The maximum absolute atomic E-state index is 13.6. The minimum atomic E-state index is -0.904. The molecule has 3 amide bonds. The summed E-state index contributed by atoms with van der Waals surface area (Å²) in [5.74, 6) is -0.855. The number of benzene rings is 2. The largest absolute Gasteiger partial charge is 0.393 e. The number of anilines is 1. The first-order chi connectivity index (χ1) is 16.2. The predicted molar refractivity (Wildman–Crippen MR) is 133 cm³/mol. The van der Waals surface area contributed by atoms with Gasteiger partial charge in [-0.15, -0.1) is 0 Å². The molecule has 9 heteroatoms. The molecule has 2 aliphatic rings. The maximum atomic E-state index is 13.6. The van der Waals surface area contributed by atoms with Gasteiger partial charge in [0, 0.05) is 52.0 Å². The van der Waals surface area contributed by atoms with E-state index >= 15 is 0 Å². The van der Waals surface area contributed by atoms with Gasteiger partial charge in [0.05, 0.1) is 18.1 Å². The third-order valence-electron chi connectivity index (χ3n) is 7.06. The van der Waals surface area contributed by atoms with Crippen molar-refractivity contribution in [3.63, 3.8) is 0 Å². The predicted octanol–water partition coefficient (Wildman–Crippen LogP) is 4.83. The second-order valence-electron chi connectivity index (χ2n) is 9.13. The van der Waals surface area contributed by atoms with Gasteiger partial charge in [0.15, 0.2) is 0 Å². The van der Waals surface area contributed by atoms with E-state index in [2.05, 4.69) is 16.4 Å². The van der Waals surface area contributed by atoms with Crippen LogP contribution in [0.5, 0.6) is 0 Å². The van der Waals surface area contributed by atoms with Crippen molar-refractivity contribution >= 4 is 51.7 Å². The van der Waals surface area contributed by atoms with E-state index in [9.17, 15) is 14.7 Å². The number of aliphatic hydroxyl groups excluding tert-OH is 1. The molecule has 0 aliphatic carbocycles. The molecule has 0 radical (unpaired) electrons. The molecular weight excluding hydrogens is 475 g/mol. The highest BCUT2D eigenvalue weighted by Crippen LogP contribution is 2.43. The Bertz CT molecular complexity index is 1250. The number of amides is 3. The van der Waals surface area contributed by atoms with Crippen molar-refractivity contribution in [1.82, 2.24) is 14.8 Å². The number of urea groups is 1. The normalized spacial score (nSPS) is 22.8. The number of carbonyl (C=O) groups is 2. The van der Waals surface area contributed by atoms with Gasteiger partial charge >= 0.3 is 6.03 Å². The SMILES string of the molecule is C[C@H](O)[C@@H]1C(=O)N2CCc3c([nH]c4ccccc34)[C@@H]2C[C@@H]1N(C)C(=O)Nc1cc(Cl)cc(Cl)c1. The molecule has 0 bridgehead atoms. The highest BCUT2D eigenvalue weighted by molar-refractivity contribution is 6.35. The summed E-state index contributed by atoms with van der Waals surface area (Å²) in [6.07, 6.45) is 0.366. The van der Waals surface area contributed by atoms with Crippen LogP contribution in [0, 0.1) is 5.92 Å². The fourth-order valence-electron chi connectivity index (χ4n) is 5.47. The van der Waals surface area contributed by atoms with Gasteiger partial charge in [0.1, 0.15) is 0 Å². The molecule has 1 saturated heterocycles. The van der Waals surface area contributed by atoms with Crippen LogP contribution in [-0.2, 0) is 11.2 Å². The molecule has 178 valence electrons. The summed E-state index contributed by atoms with van der Waals surface area (Å²) in [6, 6.07) is 11.8. The van der Waals surface area contributed by atoms with Crippen molar-refractivity contribution in [2.75, 3.05) is 18.9 Å². The number of aromatic nitrogens is 1. The molecule has 3 heterocycles. The quantitative estimate of drug-likeness (QED) is 0.480. The summed E-state index contributed by atoms with van der Waals surface area (Å²) in [5, 5.41) is 15.4. The molecule has 0 saturated carbocycles. The van der Waals surface area contributed by atoms with E-state index in [1.165, 1.54) is 15.8 Å². The number of piperidine rings is 1. The smallest absolute Gasteiger partial charge is 0.321 e. The number of hydrogen-bond donors (Lipinski definition) is 3. The number of H-pyrrole nitrogens is 1. The number of hydrogen-bond acceptors (Lipinski definition) is 3. The number of halogens is 2. The van der Waals surface area contributed by atoms with Crippen LogP contribution in [0.4, 0.5) is 10.5 Å². The summed E-state index contributed by atoms with van der Waals surface area (Å²) < 4.78 is 0. The van der Waals surface area contributed by atoms with Crippen LogP contribution in [0.15, 0.2) is 42.5 Å². The van der Waals surface area contributed by atoms with E-state index in [-0.39, 0.29) is 11.9 Å². The van der Waals surface area contributed by atoms with Gasteiger partial charge in [0.2, 0.25) is 5.91 Å². The van der Waals surface area contributed by atoms with Crippen molar-refractivity contribution in [3.05, 3.63) is 63.8 Å². The minimum Gasteiger partial charge on any atom is -0.393 e. The van der Waals surface area contributed by atoms with E-state index in [0.29, 0.717) is 28.7 Å². The number of nitrogens with one attached hydrogen (secondary N) is 2. The maximum Gasteiger partial charge on any atom is 0.321 e. The summed E-state index contributed by atoms with van der Waals surface area (Å²) in [7, 11) is 1.65. The second-order valence-corrected chi connectivity index (χ2v) is 10.0. The lowest BCUT2D eigenvalue weighted by molar-refractivity contribution is -0.151. The lowest BCUT2D eigenvalue weighted by Gasteiger charge is -2.48. The van der Waals surface area contributed by atoms with E-state index in [1.54, 1.807) is 32.2 Å². The molecule has 1 fully saturated rings.